The lowest BCUT2D eigenvalue weighted by Gasteiger charge is -2.30. The summed E-state index contributed by atoms with van der Waals surface area (Å²) in [6, 6.07) is 17.1. The van der Waals surface area contributed by atoms with Crippen LogP contribution >= 0.6 is 9.03 Å². The first-order valence-corrected chi connectivity index (χ1v) is 8.32. The van der Waals surface area contributed by atoms with Crippen LogP contribution in [0.3, 0.4) is 0 Å². The molecule has 0 saturated heterocycles. The van der Waals surface area contributed by atoms with Crippen molar-refractivity contribution in [2.24, 2.45) is 0 Å². The van der Waals surface area contributed by atoms with E-state index in [1.807, 2.05) is 6.92 Å². The molecule has 1 aliphatic carbocycles. The molecule has 2 aromatic rings. The third-order valence-electron chi connectivity index (χ3n) is 4.15. The average Bonchev–Trinajstić information content (AvgIpc) is 2.84. The van der Waals surface area contributed by atoms with Crippen molar-refractivity contribution < 1.29 is 13.8 Å². The van der Waals surface area contributed by atoms with E-state index < -0.39 is 0 Å². The summed E-state index contributed by atoms with van der Waals surface area (Å²) in [5.41, 5.74) is 4.85. The molecule has 4 heteroatoms. The van der Waals surface area contributed by atoms with Crippen molar-refractivity contribution in [3.8, 4) is 11.1 Å². The smallest absolute Gasteiger partial charge is 0.155 e. The van der Waals surface area contributed by atoms with Gasteiger partial charge in [-0.1, -0.05) is 48.5 Å². The van der Waals surface area contributed by atoms with Gasteiger partial charge in [0.25, 0.3) is 0 Å². The van der Waals surface area contributed by atoms with Crippen molar-refractivity contribution in [3.63, 3.8) is 0 Å². The third kappa shape index (κ3) is 2.59. The Morgan fingerprint density at radius 3 is 2.00 bits per heavy atom. The van der Waals surface area contributed by atoms with E-state index in [0.29, 0.717) is 19.8 Å². The van der Waals surface area contributed by atoms with Crippen LogP contribution in [0.4, 0.5) is 0 Å². The molecule has 0 heterocycles. The molecule has 0 fully saturated rings. The van der Waals surface area contributed by atoms with Gasteiger partial charge in [-0.15, -0.1) is 0 Å². The molecule has 0 amide bonds. The molecule has 2 aromatic carbocycles. The zero-order chi connectivity index (χ0) is 15.4. The summed E-state index contributed by atoms with van der Waals surface area (Å²) in [6.07, 6.45) is 0. The van der Waals surface area contributed by atoms with E-state index in [1.54, 1.807) is 7.11 Å². The Hall–Kier alpha value is -1.25. The molecule has 0 radical (unpaired) electrons. The summed E-state index contributed by atoms with van der Waals surface area (Å²) < 4.78 is 16.8. The molecule has 1 aliphatic rings. The van der Waals surface area contributed by atoms with Crippen LogP contribution in [0.2, 0.25) is 0 Å². The van der Waals surface area contributed by atoms with Gasteiger partial charge in [0.05, 0.1) is 25.2 Å². The second kappa shape index (κ2) is 6.89. The van der Waals surface area contributed by atoms with Crippen LogP contribution in [0.15, 0.2) is 48.5 Å². The Morgan fingerprint density at radius 2 is 1.45 bits per heavy atom. The first-order chi connectivity index (χ1) is 10.8. The van der Waals surface area contributed by atoms with Crippen LogP contribution in [-0.4, -0.2) is 26.9 Å². The van der Waals surface area contributed by atoms with Crippen molar-refractivity contribution in [1.29, 1.82) is 0 Å². The predicted octanol–water partition coefficient (Wildman–Crippen LogP) is 4.16. The zero-order valence-electron chi connectivity index (χ0n) is 13.0. The van der Waals surface area contributed by atoms with Gasteiger partial charge in [-0.2, -0.15) is 0 Å². The van der Waals surface area contributed by atoms with E-state index in [0.717, 1.165) is 0 Å². The molecule has 3 rings (SSSR count). The molecule has 1 atom stereocenters. The Kier molecular flexibility index (Phi) is 4.90. The number of hydrogen-bond acceptors (Lipinski definition) is 3. The number of methoxy groups -OCH3 is 1. The Labute approximate surface area is 133 Å². The van der Waals surface area contributed by atoms with Gasteiger partial charge in [0, 0.05) is 7.11 Å². The van der Waals surface area contributed by atoms with E-state index in [2.05, 4.69) is 48.5 Å². The molecule has 0 saturated carbocycles. The topological polar surface area (TPSA) is 27.7 Å². The molecule has 22 heavy (non-hydrogen) atoms. The average molecular weight is 316 g/mol. The standard InChI is InChI=1S/C18H21O3P/c1-3-20-22-21-13-18(12-19-2)16-10-6-4-8-14(16)15-9-5-7-11-17(15)18/h4-11,22H,3,12-13H2,1-2H3. The molecule has 0 N–H and O–H groups in total. The van der Waals surface area contributed by atoms with Crippen LogP contribution < -0.4 is 0 Å². The fourth-order valence-electron chi connectivity index (χ4n) is 3.27. The maximum absolute atomic E-state index is 5.85. The van der Waals surface area contributed by atoms with Gasteiger partial charge in [-0.25, -0.2) is 0 Å². The van der Waals surface area contributed by atoms with E-state index in [1.165, 1.54) is 22.3 Å². The second-order valence-corrected chi connectivity index (χ2v) is 6.16. The van der Waals surface area contributed by atoms with Crippen LogP contribution in [0.25, 0.3) is 11.1 Å². The van der Waals surface area contributed by atoms with Gasteiger partial charge >= 0.3 is 0 Å². The minimum atomic E-state index is -0.258. The van der Waals surface area contributed by atoms with Crippen molar-refractivity contribution in [3.05, 3.63) is 59.7 Å². The number of rotatable bonds is 7. The van der Waals surface area contributed by atoms with E-state index in [4.69, 9.17) is 13.8 Å². The molecule has 3 nitrogen and oxygen atoms in total. The van der Waals surface area contributed by atoms with Crippen LogP contribution in [0.5, 0.6) is 0 Å². The largest absolute Gasteiger partial charge is 0.383 e. The molecule has 0 aliphatic heterocycles. The molecule has 0 aromatic heterocycles. The normalized spacial score (nSPS) is 15.2. The number of fused-ring (bicyclic) bond motifs is 3. The summed E-state index contributed by atoms with van der Waals surface area (Å²) in [5, 5.41) is 0. The summed E-state index contributed by atoms with van der Waals surface area (Å²) >= 11 is 0. The van der Waals surface area contributed by atoms with Gasteiger partial charge in [0.15, 0.2) is 9.03 Å². The fraction of sp³-hybridized carbons (Fsp3) is 0.333. The summed E-state index contributed by atoms with van der Waals surface area (Å²) in [7, 11) is 1.81. The first kappa shape index (κ1) is 15.6. The predicted molar refractivity (Wildman–Crippen MR) is 90.4 cm³/mol. The molecule has 0 bridgehead atoms. The van der Waals surface area contributed by atoms with Crippen LogP contribution in [-0.2, 0) is 19.2 Å². The zero-order valence-corrected chi connectivity index (χ0v) is 14.0. The minimum absolute atomic E-state index is 0.0630. The second-order valence-electron chi connectivity index (χ2n) is 5.41. The molecular formula is C18H21O3P. The minimum Gasteiger partial charge on any atom is -0.383 e. The van der Waals surface area contributed by atoms with Gasteiger partial charge in [0.2, 0.25) is 0 Å². The highest BCUT2D eigenvalue weighted by Gasteiger charge is 2.43. The highest BCUT2D eigenvalue weighted by atomic mass is 31.1. The third-order valence-corrected chi connectivity index (χ3v) is 4.82. The van der Waals surface area contributed by atoms with E-state index in [-0.39, 0.29) is 14.4 Å². The number of benzene rings is 2. The molecule has 116 valence electrons. The molecule has 0 spiro atoms. The van der Waals surface area contributed by atoms with Crippen molar-refractivity contribution >= 4 is 9.03 Å². The summed E-state index contributed by atoms with van der Waals surface area (Å²) in [5.74, 6) is 0. The van der Waals surface area contributed by atoms with Gasteiger partial charge in [-0.05, 0) is 29.2 Å². The lowest BCUT2D eigenvalue weighted by Crippen LogP contribution is -2.35. The van der Waals surface area contributed by atoms with Crippen molar-refractivity contribution in [1.82, 2.24) is 0 Å². The van der Waals surface area contributed by atoms with E-state index >= 15 is 0 Å². The van der Waals surface area contributed by atoms with Gasteiger partial charge in [0.1, 0.15) is 0 Å². The molecular weight excluding hydrogens is 295 g/mol. The fourth-order valence-corrected chi connectivity index (χ4v) is 3.77. The summed E-state index contributed by atoms with van der Waals surface area (Å²) in [6.45, 7) is 3.80. The summed E-state index contributed by atoms with van der Waals surface area (Å²) in [4.78, 5) is 0. The Bertz CT molecular complexity index is 596. The van der Waals surface area contributed by atoms with Crippen molar-refractivity contribution in [2.45, 2.75) is 12.3 Å². The van der Waals surface area contributed by atoms with Gasteiger partial charge in [-0.3, -0.25) is 0 Å². The lowest BCUT2D eigenvalue weighted by molar-refractivity contribution is 0.115. The maximum Gasteiger partial charge on any atom is 0.155 e. The van der Waals surface area contributed by atoms with Crippen LogP contribution in [0.1, 0.15) is 18.1 Å². The highest BCUT2D eigenvalue weighted by Crippen LogP contribution is 2.49. The number of ether oxygens (including phenoxy) is 1. The quantitative estimate of drug-likeness (QED) is 0.567. The Balaban J connectivity index is 2.04. The molecule has 1 unspecified atom stereocenters. The maximum atomic E-state index is 5.85. The number of hydrogen-bond donors (Lipinski definition) is 0. The van der Waals surface area contributed by atoms with Gasteiger partial charge < -0.3 is 13.8 Å². The van der Waals surface area contributed by atoms with Crippen LogP contribution in [0, 0.1) is 0 Å². The highest BCUT2D eigenvalue weighted by molar-refractivity contribution is 7.26. The SMILES string of the molecule is CCOPOCC1(COC)c2ccccc2-c2ccccc21. The van der Waals surface area contributed by atoms with E-state index in [9.17, 15) is 0 Å². The van der Waals surface area contributed by atoms with Crippen molar-refractivity contribution in [2.75, 3.05) is 26.9 Å². The Morgan fingerprint density at radius 1 is 0.864 bits per heavy atom. The monoisotopic (exact) mass is 316 g/mol. The first-order valence-electron chi connectivity index (χ1n) is 7.50. The lowest BCUT2D eigenvalue weighted by atomic mass is 9.80.